The zero-order valence-corrected chi connectivity index (χ0v) is 10.6. The minimum atomic E-state index is -0.402. The van der Waals surface area contributed by atoms with Gasteiger partial charge in [0.05, 0.1) is 11.9 Å². The van der Waals surface area contributed by atoms with Crippen molar-refractivity contribution in [3.05, 3.63) is 46.4 Å². The molecule has 0 saturated carbocycles. The Balaban J connectivity index is 2.01. The van der Waals surface area contributed by atoms with Gasteiger partial charge in [0, 0.05) is 16.5 Å². The fraction of sp³-hybridized carbons (Fsp3) is 0.250. The number of hydrogen-bond acceptors (Lipinski definition) is 4. The minimum absolute atomic E-state index is 0.402. The number of thiazole rings is 1. The van der Waals surface area contributed by atoms with Crippen molar-refractivity contribution < 1.29 is 5.11 Å². The van der Waals surface area contributed by atoms with Crippen molar-refractivity contribution in [2.45, 2.75) is 23.7 Å². The Kier molecular flexibility index (Phi) is 3.98. The maximum Gasteiger partial charge on any atom is 0.103 e. The molecule has 1 aromatic heterocycles. The van der Waals surface area contributed by atoms with E-state index in [1.807, 2.05) is 29.8 Å². The number of thioether (sulfide) groups is 1. The SMILES string of the molecule is CC(O)c1cccc(SCc2nccs2)c1. The molecule has 2 nitrogen and oxygen atoms in total. The van der Waals surface area contributed by atoms with Crippen LogP contribution in [0.15, 0.2) is 40.7 Å². The molecule has 1 atom stereocenters. The second-order valence-electron chi connectivity index (χ2n) is 3.46. The van der Waals surface area contributed by atoms with Crippen molar-refractivity contribution in [3.63, 3.8) is 0 Å². The molecule has 2 rings (SSSR count). The van der Waals surface area contributed by atoms with Crippen molar-refractivity contribution in [1.29, 1.82) is 0 Å². The summed E-state index contributed by atoms with van der Waals surface area (Å²) in [4.78, 5) is 5.41. The van der Waals surface area contributed by atoms with Gasteiger partial charge in [0.1, 0.15) is 5.01 Å². The molecule has 0 fully saturated rings. The molecule has 0 radical (unpaired) electrons. The van der Waals surface area contributed by atoms with Gasteiger partial charge in [-0.2, -0.15) is 0 Å². The molecule has 0 bridgehead atoms. The van der Waals surface area contributed by atoms with Crippen LogP contribution in [0.3, 0.4) is 0 Å². The minimum Gasteiger partial charge on any atom is -0.389 e. The maximum absolute atomic E-state index is 9.48. The van der Waals surface area contributed by atoms with Crippen LogP contribution >= 0.6 is 23.1 Å². The Morgan fingerprint density at radius 2 is 2.38 bits per heavy atom. The first kappa shape index (κ1) is 11.6. The van der Waals surface area contributed by atoms with Crippen molar-refractivity contribution in [2.75, 3.05) is 0 Å². The lowest BCUT2D eigenvalue weighted by atomic mass is 10.1. The van der Waals surface area contributed by atoms with Crippen LogP contribution in [0.1, 0.15) is 23.6 Å². The average molecular weight is 251 g/mol. The van der Waals surface area contributed by atoms with Gasteiger partial charge in [-0.1, -0.05) is 12.1 Å². The molecule has 0 spiro atoms. The molecule has 0 aliphatic heterocycles. The van der Waals surface area contributed by atoms with Gasteiger partial charge in [-0.25, -0.2) is 4.98 Å². The summed E-state index contributed by atoms with van der Waals surface area (Å²) in [6.07, 6.45) is 1.42. The zero-order valence-electron chi connectivity index (χ0n) is 8.96. The fourth-order valence-corrected chi connectivity index (χ4v) is 2.94. The topological polar surface area (TPSA) is 33.1 Å². The van der Waals surface area contributed by atoms with Gasteiger partial charge in [0.2, 0.25) is 0 Å². The van der Waals surface area contributed by atoms with E-state index in [1.165, 1.54) is 4.90 Å². The third kappa shape index (κ3) is 3.07. The highest BCUT2D eigenvalue weighted by molar-refractivity contribution is 7.98. The lowest BCUT2D eigenvalue weighted by Crippen LogP contribution is -1.90. The summed E-state index contributed by atoms with van der Waals surface area (Å²) < 4.78 is 0. The number of nitrogens with zero attached hydrogens (tertiary/aromatic N) is 1. The first-order chi connectivity index (χ1) is 7.75. The monoisotopic (exact) mass is 251 g/mol. The second kappa shape index (κ2) is 5.48. The van der Waals surface area contributed by atoms with Gasteiger partial charge in [-0.15, -0.1) is 23.1 Å². The molecular formula is C12H13NOS2. The van der Waals surface area contributed by atoms with E-state index < -0.39 is 6.10 Å². The van der Waals surface area contributed by atoms with Crippen LogP contribution in [0.4, 0.5) is 0 Å². The van der Waals surface area contributed by atoms with Gasteiger partial charge >= 0.3 is 0 Å². The molecule has 16 heavy (non-hydrogen) atoms. The van der Waals surface area contributed by atoms with Crippen LogP contribution in [0.2, 0.25) is 0 Å². The number of benzene rings is 1. The molecule has 2 aromatic rings. The van der Waals surface area contributed by atoms with E-state index in [2.05, 4.69) is 11.1 Å². The smallest absolute Gasteiger partial charge is 0.103 e. The van der Waals surface area contributed by atoms with Gasteiger partial charge in [0.25, 0.3) is 0 Å². The third-order valence-corrected chi connectivity index (χ3v) is 4.15. The van der Waals surface area contributed by atoms with Gasteiger partial charge in [-0.3, -0.25) is 0 Å². The van der Waals surface area contributed by atoms with E-state index in [1.54, 1.807) is 30.0 Å². The van der Waals surface area contributed by atoms with Crippen LogP contribution in [0.25, 0.3) is 0 Å². The van der Waals surface area contributed by atoms with Crippen LogP contribution in [0.5, 0.6) is 0 Å². The number of aliphatic hydroxyl groups is 1. The van der Waals surface area contributed by atoms with Crippen LogP contribution in [-0.4, -0.2) is 10.1 Å². The lowest BCUT2D eigenvalue weighted by molar-refractivity contribution is 0.199. The Hall–Kier alpha value is -0.840. The van der Waals surface area contributed by atoms with Crippen molar-refractivity contribution in [1.82, 2.24) is 4.98 Å². The quantitative estimate of drug-likeness (QED) is 0.844. The highest BCUT2D eigenvalue weighted by Gasteiger charge is 2.03. The molecule has 1 heterocycles. The molecule has 0 amide bonds. The van der Waals surface area contributed by atoms with E-state index in [-0.39, 0.29) is 0 Å². The van der Waals surface area contributed by atoms with E-state index in [0.717, 1.165) is 16.3 Å². The summed E-state index contributed by atoms with van der Waals surface area (Å²) in [5.74, 6) is 0.890. The Morgan fingerprint density at radius 3 is 3.06 bits per heavy atom. The molecule has 0 aliphatic rings. The number of aliphatic hydroxyl groups excluding tert-OH is 1. The summed E-state index contributed by atoms with van der Waals surface area (Å²) in [5, 5.41) is 12.6. The summed E-state index contributed by atoms with van der Waals surface area (Å²) >= 11 is 3.42. The third-order valence-electron chi connectivity index (χ3n) is 2.19. The Morgan fingerprint density at radius 1 is 1.50 bits per heavy atom. The summed E-state index contributed by atoms with van der Waals surface area (Å²) in [5.41, 5.74) is 0.962. The number of hydrogen-bond donors (Lipinski definition) is 1. The largest absolute Gasteiger partial charge is 0.389 e. The number of aromatic nitrogens is 1. The van der Waals surface area contributed by atoms with Crippen LogP contribution in [-0.2, 0) is 5.75 Å². The predicted octanol–water partition coefficient (Wildman–Crippen LogP) is 3.49. The van der Waals surface area contributed by atoms with E-state index >= 15 is 0 Å². The molecule has 0 saturated heterocycles. The van der Waals surface area contributed by atoms with Gasteiger partial charge < -0.3 is 5.11 Å². The maximum atomic E-state index is 9.48. The van der Waals surface area contributed by atoms with Crippen LogP contribution < -0.4 is 0 Å². The van der Waals surface area contributed by atoms with Gasteiger partial charge in [-0.05, 0) is 24.6 Å². The van der Waals surface area contributed by atoms with Crippen molar-refractivity contribution in [2.24, 2.45) is 0 Å². The lowest BCUT2D eigenvalue weighted by Gasteiger charge is -2.06. The first-order valence-electron chi connectivity index (χ1n) is 5.05. The van der Waals surface area contributed by atoms with E-state index in [9.17, 15) is 5.11 Å². The standard InChI is InChI=1S/C12H13NOS2/c1-9(14)10-3-2-4-11(7-10)16-8-12-13-5-6-15-12/h2-7,9,14H,8H2,1H3. The number of rotatable bonds is 4. The van der Waals surface area contributed by atoms with E-state index in [4.69, 9.17) is 0 Å². The van der Waals surface area contributed by atoms with Gasteiger partial charge in [0.15, 0.2) is 0 Å². The predicted molar refractivity (Wildman–Crippen MR) is 68.8 cm³/mol. The fourth-order valence-electron chi connectivity index (χ4n) is 1.33. The van der Waals surface area contributed by atoms with Crippen molar-refractivity contribution >= 4 is 23.1 Å². The molecule has 1 aromatic carbocycles. The molecule has 1 unspecified atom stereocenters. The first-order valence-corrected chi connectivity index (χ1v) is 6.91. The highest BCUT2D eigenvalue weighted by Crippen LogP contribution is 2.26. The van der Waals surface area contributed by atoms with E-state index in [0.29, 0.717) is 0 Å². The normalized spacial score (nSPS) is 12.6. The van der Waals surface area contributed by atoms with Crippen LogP contribution in [0, 0.1) is 0 Å². The summed E-state index contributed by atoms with van der Waals surface area (Å²) in [7, 11) is 0. The molecular weight excluding hydrogens is 238 g/mol. The zero-order chi connectivity index (χ0) is 11.4. The van der Waals surface area contributed by atoms with Crippen molar-refractivity contribution in [3.8, 4) is 0 Å². The summed E-state index contributed by atoms with van der Waals surface area (Å²) in [6, 6.07) is 8.01. The average Bonchev–Trinajstić information content (AvgIpc) is 2.79. The molecule has 0 aliphatic carbocycles. The molecule has 4 heteroatoms. The summed E-state index contributed by atoms with van der Waals surface area (Å²) in [6.45, 7) is 1.78. The molecule has 84 valence electrons. The Bertz CT molecular complexity index is 440. The molecule has 1 N–H and O–H groups in total. The highest BCUT2D eigenvalue weighted by atomic mass is 32.2. The second-order valence-corrected chi connectivity index (χ2v) is 5.49. The Labute approximate surface area is 103 Å².